The summed E-state index contributed by atoms with van der Waals surface area (Å²) in [4.78, 5) is 0. The minimum absolute atomic E-state index is 0. The second-order valence-corrected chi connectivity index (χ2v) is 6.44. The van der Waals surface area contributed by atoms with Crippen molar-refractivity contribution in [3.8, 4) is 0 Å². The van der Waals surface area contributed by atoms with Gasteiger partial charge < -0.3 is 0 Å². The summed E-state index contributed by atoms with van der Waals surface area (Å²) >= 11 is 0. The van der Waals surface area contributed by atoms with Gasteiger partial charge in [-0.3, -0.25) is 0 Å². The van der Waals surface area contributed by atoms with Crippen molar-refractivity contribution >= 4 is 0 Å². The van der Waals surface area contributed by atoms with Gasteiger partial charge >= 0.3 is 0 Å². The molecule has 0 N–H and O–H groups in total. The van der Waals surface area contributed by atoms with Crippen molar-refractivity contribution in [2.24, 2.45) is 23.2 Å². The summed E-state index contributed by atoms with van der Waals surface area (Å²) in [5.74, 6) is 2.80. The molecule has 1 fully saturated rings. The first-order chi connectivity index (χ1) is 6.43. The molecule has 0 aromatic carbocycles. The first-order valence-corrected chi connectivity index (χ1v) is 6.43. The Kier molecular flexibility index (Phi) is 5.92. The lowest BCUT2D eigenvalue weighted by Gasteiger charge is -2.43. The summed E-state index contributed by atoms with van der Waals surface area (Å²) in [6, 6.07) is 0. The van der Waals surface area contributed by atoms with Crippen LogP contribution in [-0.2, 0) is 0 Å². The monoisotopic (exact) mass is 212 g/mol. The molecule has 1 saturated carbocycles. The zero-order valence-electron chi connectivity index (χ0n) is 10.8. The molecule has 0 saturated heterocycles. The molecule has 0 heterocycles. The van der Waals surface area contributed by atoms with E-state index < -0.39 is 0 Å². The Bertz CT molecular complexity index is 167. The first kappa shape index (κ1) is 15.0. The minimum Gasteiger partial charge on any atom is -0.0776 e. The van der Waals surface area contributed by atoms with Crippen LogP contribution < -0.4 is 0 Å². The van der Waals surface area contributed by atoms with Gasteiger partial charge in [-0.05, 0) is 36.0 Å². The number of hydrogen-bond acceptors (Lipinski definition) is 0. The van der Waals surface area contributed by atoms with Crippen molar-refractivity contribution in [1.29, 1.82) is 0 Å². The zero-order chi connectivity index (χ0) is 10.8. The van der Waals surface area contributed by atoms with Crippen LogP contribution in [0.5, 0.6) is 0 Å². The molecule has 1 aliphatic rings. The highest BCUT2D eigenvalue weighted by Gasteiger charge is 2.36. The van der Waals surface area contributed by atoms with E-state index in [2.05, 4.69) is 34.6 Å². The molecule has 0 radical (unpaired) electrons. The fourth-order valence-corrected chi connectivity index (χ4v) is 3.22. The Morgan fingerprint density at radius 1 is 1.27 bits per heavy atom. The lowest BCUT2D eigenvalue weighted by atomic mass is 9.62. The van der Waals surface area contributed by atoms with Gasteiger partial charge in [-0.1, -0.05) is 61.3 Å². The van der Waals surface area contributed by atoms with Gasteiger partial charge in [-0.2, -0.15) is 0 Å². The summed E-state index contributed by atoms with van der Waals surface area (Å²) in [6.45, 7) is 12.1. The van der Waals surface area contributed by atoms with E-state index in [4.69, 9.17) is 0 Å². The van der Waals surface area contributed by atoms with E-state index in [1.807, 2.05) is 0 Å². The Morgan fingerprint density at radius 3 is 2.33 bits per heavy atom. The van der Waals surface area contributed by atoms with E-state index in [9.17, 15) is 0 Å². The van der Waals surface area contributed by atoms with E-state index in [1.54, 1.807) is 0 Å². The summed E-state index contributed by atoms with van der Waals surface area (Å²) in [6.07, 6.45) is 7.23. The molecule has 0 nitrogen and oxygen atoms in total. The summed E-state index contributed by atoms with van der Waals surface area (Å²) < 4.78 is 0. The zero-order valence-corrected chi connectivity index (χ0v) is 10.8. The second-order valence-electron chi connectivity index (χ2n) is 6.44. The van der Waals surface area contributed by atoms with Crippen molar-refractivity contribution < 1.29 is 0 Å². The maximum Gasteiger partial charge on any atom is -0.0323 e. The Hall–Kier alpha value is 0. The molecule has 0 heteroatoms. The van der Waals surface area contributed by atoms with Gasteiger partial charge in [0.15, 0.2) is 0 Å². The van der Waals surface area contributed by atoms with Crippen molar-refractivity contribution in [2.45, 2.75) is 74.1 Å². The fraction of sp³-hybridized carbons (Fsp3) is 1.00. The Balaban J connectivity index is 0.00000196. The lowest BCUT2D eigenvalue weighted by Crippen LogP contribution is -2.33. The summed E-state index contributed by atoms with van der Waals surface area (Å²) in [5, 5.41) is 0. The fourth-order valence-electron chi connectivity index (χ4n) is 3.22. The van der Waals surface area contributed by atoms with Crippen LogP contribution in [0.2, 0.25) is 0 Å². The quantitative estimate of drug-likeness (QED) is 0.577. The van der Waals surface area contributed by atoms with Gasteiger partial charge in [0.25, 0.3) is 0 Å². The average molecular weight is 212 g/mol. The van der Waals surface area contributed by atoms with E-state index in [1.165, 1.54) is 32.1 Å². The third-order valence-electron chi connectivity index (χ3n) is 4.23. The molecule has 0 bridgehead atoms. The molecule has 15 heavy (non-hydrogen) atoms. The molecule has 0 amide bonds. The van der Waals surface area contributed by atoms with Crippen LogP contribution in [0.25, 0.3) is 0 Å². The van der Waals surface area contributed by atoms with E-state index in [-0.39, 0.29) is 7.43 Å². The van der Waals surface area contributed by atoms with Crippen molar-refractivity contribution in [3.63, 3.8) is 0 Å². The first-order valence-electron chi connectivity index (χ1n) is 6.43. The van der Waals surface area contributed by atoms with Crippen molar-refractivity contribution in [3.05, 3.63) is 0 Å². The molecule has 92 valence electrons. The van der Waals surface area contributed by atoms with Gasteiger partial charge in [-0.25, -0.2) is 0 Å². The van der Waals surface area contributed by atoms with Gasteiger partial charge in [0.2, 0.25) is 0 Å². The highest BCUT2D eigenvalue weighted by Crippen LogP contribution is 2.46. The summed E-state index contributed by atoms with van der Waals surface area (Å²) in [5.41, 5.74) is 0.604. The molecule has 2 unspecified atom stereocenters. The van der Waals surface area contributed by atoms with Gasteiger partial charge in [0, 0.05) is 0 Å². The topological polar surface area (TPSA) is 0 Å². The molecule has 2 atom stereocenters. The van der Waals surface area contributed by atoms with E-state index in [0.717, 1.165) is 17.8 Å². The van der Waals surface area contributed by atoms with Crippen LogP contribution in [0.4, 0.5) is 0 Å². The maximum absolute atomic E-state index is 2.48. The van der Waals surface area contributed by atoms with E-state index >= 15 is 0 Å². The normalized spacial score (nSPS) is 30.0. The molecule has 1 rings (SSSR count). The molecule has 0 aliphatic heterocycles. The largest absolute Gasteiger partial charge is 0.0776 e. The standard InChI is InChI=1S/C14H28.CH4/c1-11(2)8-9-13-12(3)7-6-10-14(13,4)5;/h11-13H,6-10H2,1-5H3;1H4. The molecule has 0 aromatic heterocycles. The third-order valence-corrected chi connectivity index (χ3v) is 4.23. The highest BCUT2D eigenvalue weighted by molar-refractivity contribution is 4.86. The maximum atomic E-state index is 2.48. The van der Waals surface area contributed by atoms with Gasteiger partial charge in [0.1, 0.15) is 0 Å². The number of hydrogen-bond donors (Lipinski definition) is 0. The summed E-state index contributed by atoms with van der Waals surface area (Å²) in [7, 11) is 0. The Morgan fingerprint density at radius 2 is 1.87 bits per heavy atom. The molecule has 0 spiro atoms. The van der Waals surface area contributed by atoms with Crippen LogP contribution in [-0.4, -0.2) is 0 Å². The lowest BCUT2D eigenvalue weighted by molar-refractivity contribution is 0.0717. The van der Waals surface area contributed by atoms with Gasteiger partial charge in [-0.15, -0.1) is 0 Å². The number of rotatable bonds is 3. The molecular weight excluding hydrogens is 180 g/mol. The second kappa shape index (κ2) is 5.92. The molecular formula is C15H32. The smallest absolute Gasteiger partial charge is 0.0323 e. The Labute approximate surface area is 97.8 Å². The van der Waals surface area contributed by atoms with Crippen molar-refractivity contribution in [1.82, 2.24) is 0 Å². The predicted octanol–water partition coefficient (Wildman–Crippen LogP) is 5.52. The average Bonchev–Trinajstić information content (AvgIpc) is 2.01. The van der Waals surface area contributed by atoms with Crippen LogP contribution >= 0.6 is 0 Å². The van der Waals surface area contributed by atoms with E-state index in [0.29, 0.717) is 5.41 Å². The predicted molar refractivity (Wildman–Crippen MR) is 71.1 cm³/mol. The van der Waals surface area contributed by atoms with Crippen LogP contribution in [0.15, 0.2) is 0 Å². The van der Waals surface area contributed by atoms with Crippen LogP contribution in [0.1, 0.15) is 74.1 Å². The SMILES string of the molecule is C.CC(C)CCC1C(C)CCCC1(C)C. The molecule has 1 aliphatic carbocycles. The third kappa shape index (κ3) is 4.17. The molecule has 0 aromatic rings. The van der Waals surface area contributed by atoms with Crippen LogP contribution in [0, 0.1) is 23.2 Å². The minimum atomic E-state index is 0. The van der Waals surface area contributed by atoms with Crippen molar-refractivity contribution in [2.75, 3.05) is 0 Å². The highest BCUT2D eigenvalue weighted by atomic mass is 14.4. The van der Waals surface area contributed by atoms with Gasteiger partial charge in [0.05, 0.1) is 0 Å². The van der Waals surface area contributed by atoms with Crippen LogP contribution in [0.3, 0.4) is 0 Å².